The molecule has 0 spiro atoms. The summed E-state index contributed by atoms with van der Waals surface area (Å²) in [7, 11) is 0. The average Bonchev–Trinajstić information content (AvgIpc) is 2.74. The summed E-state index contributed by atoms with van der Waals surface area (Å²) < 4.78 is 15.2. The zero-order valence-electron chi connectivity index (χ0n) is 10.8. The minimum absolute atomic E-state index is 0.329. The van der Waals surface area contributed by atoms with Crippen molar-refractivity contribution in [2.24, 2.45) is 5.73 Å². The Hall–Kier alpha value is -2.69. The van der Waals surface area contributed by atoms with Crippen molar-refractivity contribution < 1.29 is 9.18 Å². The van der Waals surface area contributed by atoms with E-state index in [1.807, 2.05) is 13.0 Å². The molecule has 2 aromatic carbocycles. The van der Waals surface area contributed by atoms with E-state index in [9.17, 15) is 9.18 Å². The number of hydrogen-bond acceptors (Lipinski definition) is 2. The maximum Gasteiger partial charge on any atom is 0.248 e. The van der Waals surface area contributed by atoms with Gasteiger partial charge in [0.25, 0.3) is 0 Å². The lowest BCUT2D eigenvalue weighted by Crippen LogP contribution is -2.11. The van der Waals surface area contributed by atoms with Crippen LogP contribution < -0.4 is 5.73 Å². The number of benzene rings is 2. The third-order valence-electron chi connectivity index (χ3n) is 3.17. The number of nitrogens with zero attached hydrogens (tertiary/aromatic N) is 2. The standard InChI is InChI=1S/C15H12FN3O/c1-9-18-13-6-5-11(16)8-14(13)19(9)12-4-2-3-10(7-12)15(17)20/h2-8H,1H3,(H2,17,20). The van der Waals surface area contributed by atoms with E-state index in [4.69, 9.17) is 5.73 Å². The Labute approximate surface area is 114 Å². The maximum absolute atomic E-state index is 13.4. The van der Waals surface area contributed by atoms with Crippen LogP contribution in [0.3, 0.4) is 0 Å². The van der Waals surface area contributed by atoms with Crippen LogP contribution >= 0.6 is 0 Å². The molecule has 100 valence electrons. The number of imidazole rings is 1. The zero-order chi connectivity index (χ0) is 14.3. The predicted octanol–water partition coefficient (Wildman–Crippen LogP) is 2.57. The SMILES string of the molecule is Cc1nc2ccc(F)cc2n1-c1cccc(C(N)=O)c1. The van der Waals surface area contributed by atoms with Crippen LogP contribution in [0.1, 0.15) is 16.2 Å². The van der Waals surface area contributed by atoms with Crippen LogP contribution in [0.25, 0.3) is 16.7 Å². The summed E-state index contributed by atoms with van der Waals surface area (Å²) in [5, 5.41) is 0. The van der Waals surface area contributed by atoms with Crippen molar-refractivity contribution in [2.75, 3.05) is 0 Å². The maximum atomic E-state index is 13.4. The number of nitrogens with two attached hydrogens (primary N) is 1. The van der Waals surface area contributed by atoms with Gasteiger partial charge in [0.05, 0.1) is 11.0 Å². The van der Waals surface area contributed by atoms with E-state index < -0.39 is 5.91 Å². The molecule has 20 heavy (non-hydrogen) atoms. The first-order valence-electron chi connectivity index (χ1n) is 6.11. The van der Waals surface area contributed by atoms with Crippen LogP contribution in [-0.4, -0.2) is 15.5 Å². The van der Waals surface area contributed by atoms with E-state index in [1.54, 1.807) is 28.8 Å². The van der Waals surface area contributed by atoms with Crippen LogP contribution in [0.15, 0.2) is 42.5 Å². The van der Waals surface area contributed by atoms with Gasteiger partial charge in [-0.05, 0) is 37.3 Å². The molecule has 0 atom stereocenters. The molecule has 3 aromatic rings. The number of rotatable bonds is 2. The largest absolute Gasteiger partial charge is 0.366 e. The highest BCUT2D eigenvalue weighted by Crippen LogP contribution is 2.22. The normalized spacial score (nSPS) is 10.9. The van der Waals surface area contributed by atoms with E-state index in [0.717, 1.165) is 5.69 Å². The monoisotopic (exact) mass is 269 g/mol. The summed E-state index contributed by atoms with van der Waals surface area (Å²) in [6.07, 6.45) is 0. The number of carbonyl (C=O) groups is 1. The van der Waals surface area contributed by atoms with Crippen molar-refractivity contribution >= 4 is 16.9 Å². The van der Waals surface area contributed by atoms with E-state index in [-0.39, 0.29) is 5.82 Å². The molecule has 2 N–H and O–H groups in total. The molecule has 0 saturated heterocycles. The van der Waals surface area contributed by atoms with Gasteiger partial charge in [0.1, 0.15) is 11.6 Å². The fourth-order valence-electron chi connectivity index (χ4n) is 2.29. The Morgan fingerprint density at radius 1 is 1.25 bits per heavy atom. The molecule has 1 amide bonds. The molecule has 0 aliphatic rings. The van der Waals surface area contributed by atoms with Crippen molar-refractivity contribution in [3.8, 4) is 5.69 Å². The second-order valence-corrected chi connectivity index (χ2v) is 4.54. The average molecular weight is 269 g/mol. The number of carbonyl (C=O) groups excluding carboxylic acids is 1. The van der Waals surface area contributed by atoms with Gasteiger partial charge in [-0.2, -0.15) is 0 Å². The Kier molecular flexibility index (Phi) is 2.75. The van der Waals surface area contributed by atoms with Crippen LogP contribution in [0.4, 0.5) is 4.39 Å². The minimum atomic E-state index is -0.500. The summed E-state index contributed by atoms with van der Waals surface area (Å²) >= 11 is 0. The van der Waals surface area contributed by atoms with E-state index in [0.29, 0.717) is 22.4 Å². The highest BCUT2D eigenvalue weighted by Gasteiger charge is 2.11. The number of aryl methyl sites for hydroxylation is 1. The highest BCUT2D eigenvalue weighted by molar-refractivity contribution is 5.93. The Bertz CT molecular complexity index is 823. The zero-order valence-corrected chi connectivity index (χ0v) is 10.8. The van der Waals surface area contributed by atoms with Gasteiger partial charge in [-0.15, -0.1) is 0 Å². The predicted molar refractivity (Wildman–Crippen MR) is 74.3 cm³/mol. The van der Waals surface area contributed by atoms with Crippen LogP contribution in [0.2, 0.25) is 0 Å². The molecule has 0 unspecified atom stereocenters. The molecule has 0 aliphatic carbocycles. The van der Waals surface area contributed by atoms with Gasteiger partial charge >= 0.3 is 0 Å². The van der Waals surface area contributed by atoms with E-state index in [2.05, 4.69) is 4.98 Å². The summed E-state index contributed by atoms with van der Waals surface area (Å²) in [6, 6.07) is 11.3. The molecule has 0 radical (unpaired) electrons. The lowest BCUT2D eigenvalue weighted by atomic mass is 10.2. The third kappa shape index (κ3) is 1.93. The first-order chi connectivity index (χ1) is 9.56. The van der Waals surface area contributed by atoms with Gasteiger partial charge in [0.2, 0.25) is 5.91 Å². The Balaban J connectivity index is 2.28. The minimum Gasteiger partial charge on any atom is -0.366 e. The van der Waals surface area contributed by atoms with Crippen molar-refractivity contribution in [3.05, 3.63) is 59.7 Å². The number of aromatic nitrogens is 2. The Morgan fingerprint density at radius 2 is 2.05 bits per heavy atom. The van der Waals surface area contributed by atoms with Gasteiger partial charge in [-0.1, -0.05) is 6.07 Å². The first-order valence-corrected chi connectivity index (χ1v) is 6.11. The van der Waals surface area contributed by atoms with Gasteiger partial charge < -0.3 is 5.73 Å². The van der Waals surface area contributed by atoms with Crippen LogP contribution in [0.5, 0.6) is 0 Å². The van der Waals surface area contributed by atoms with Gasteiger partial charge in [-0.25, -0.2) is 9.37 Å². The summed E-state index contributed by atoms with van der Waals surface area (Å²) in [6.45, 7) is 1.83. The molecular weight excluding hydrogens is 257 g/mol. The van der Waals surface area contributed by atoms with Gasteiger partial charge in [0, 0.05) is 17.3 Å². The van der Waals surface area contributed by atoms with Crippen molar-refractivity contribution in [3.63, 3.8) is 0 Å². The molecular formula is C15H12FN3O. The number of halogens is 1. The van der Waals surface area contributed by atoms with Crippen molar-refractivity contribution in [1.82, 2.24) is 9.55 Å². The molecule has 0 aliphatic heterocycles. The fourth-order valence-corrected chi connectivity index (χ4v) is 2.29. The molecule has 0 saturated carbocycles. The quantitative estimate of drug-likeness (QED) is 0.777. The second kappa shape index (κ2) is 4.45. The lowest BCUT2D eigenvalue weighted by Gasteiger charge is -2.08. The number of fused-ring (bicyclic) bond motifs is 1. The van der Waals surface area contributed by atoms with Gasteiger partial charge in [-0.3, -0.25) is 9.36 Å². The lowest BCUT2D eigenvalue weighted by molar-refractivity contribution is 0.100. The van der Waals surface area contributed by atoms with E-state index in [1.165, 1.54) is 12.1 Å². The third-order valence-corrected chi connectivity index (χ3v) is 3.17. The smallest absolute Gasteiger partial charge is 0.248 e. The molecule has 1 aromatic heterocycles. The number of amides is 1. The molecule has 0 fully saturated rings. The van der Waals surface area contributed by atoms with Crippen molar-refractivity contribution in [2.45, 2.75) is 6.92 Å². The highest BCUT2D eigenvalue weighted by atomic mass is 19.1. The summed E-state index contributed by atoms with van der Waals surface area (Å²) in [4.78, 5) is 15.6. The topological polar surface area (TPSA) is 60.9 Å². The number of primary amides is 1. The van der Waals surface area contributed by atoms with Crippen LogP contribution in [-0.2, 0) is 0 Å². The number of hydrogen-bond donors (Lipinski definition) is 1. The summed E-state index contributed by atoms with van der Waals surface area (Å²) in [5.74, 6) is -0.114. The molecule has 4 nitrogen and oxygen atoms in total. The molecule has 3 rings (SSSR count). The van der Waals surface area contributed by atoms with E-state index >= 15 is 0 Å². The first kappa shape index (κ1) is 12.3. The summed E-state index contributed by atoms with van der Waals surface area (Å²) in [5.41, 5.74) is 7.78. The molecule has 1 heterocycles. The second-order valence-electron chi connectivity index (χ2n) is 4.54. The van der Waals surface area contributed by atoms with Gasteiger partial charge in [0.15, 0.2) is 0 Å². The van der Waals surface area contributed by atoms with Crippen molar-refractivity contribution in [1.29, 1.82) is 0 Å². The van der Waals surface area contributed by atoms with Crippen LogP contribution in [0, 0.1) is 12.7 Å². The Morgan fingerprint density at radius 3 is 2.80 bits per heavy atom. The molecule has 0 bridgehead atoms. The fraction of sp³-hybridized carbons (Fsp3) is 0.0667. The molecule has 5 heteroatoms.